The summed E-state index contributed by atoms with van der Waals surface area (Å²) in [6.45, 7) is 4.40. The molecule has 1 rings (SSSR count). The molecule has 0 radical (unpaired) electrons. The zero-order chi connectivity index (χ0) is 8.27. The molecule has 3 nitrogen and oxygen atoms in total. The Balaban J connectivity index is 2.39. The molecule has 1 heterocycles. The van der Waals surface area contributed by atoms with Gasteiger partial charge in [-0.15, -0.1) is 0 Å². The zero-order valence-corrected chi connectivity index (χ0v) is 7.69. The van der Waals surface area contributed by atoms with Crippen LogP contribution in [0, 0.1) is 5.92 Å². The fraction of sp³-hybridized carbons (Fsp3) is 0.714. The Morgan fingerprint density at radius 2 is 2.27 bits per heavy atom. The first-order valence-electron chi connectivity index (χ1n) is 3.76. The average molecular weight is 171 g/mol. The smallest absolute Gasteiger partial charge is 0.232 e. The van der Waals surface area contributed by atoms with Gasteiger partial charge >= 0.3 is 0 Å². The van der Waals surface area contributed by atoms with Crippen LogP contribution in [-0.4, -0.2) is 9.36 Å². The van der Waals surface area contributed by atoms with E-state index in [4.69, 9.17) is 5.73 Å². The van der Waals surface area contributed by atoms with Gasteiger partial charge in [0.05, 0.1) is 0 Å². The number of nitrogens with two attached hydrogens (primary N) is 1. The molecule has 11 heavy (non-hydrogen) atoms. The minimum absolute atomic E-state index is 0.411. The van der Waals surface area contributed by atoms with Crippen molar-refractivity contribution in [2.45, 2.75) is 26.7 Å². The highest BCUT2D eigenvalue weighted by Gasteiger charge is 2.01. The number of nitrogens with zero attached hydrogens (tertiary/aromatic N) is 2. The lowest BCUT2D eigenvalue weighted by Crippen LogP contribution is -1.92. The number of rotatable bonds is 3. The fourth-order valence-corrected chi connectivity index (χ4v) is 1.36. The van der Waals surface area contributed by atoms with Gasteiger partial charge in [0, 0.05) is 6.42 Å². The largest absolute Gasteiger partial charge is 0.367 e. The highest BCUT2D eigenvalue weighted by atomic mass is 32.1. The second-order valence-electron chi connectivity index (χ2n) is 2.98. The lowest BCUT2D eigenvalue weighted by Gasteiger charge is -1.99. The van der Waals surface area contributed by atoms with Crippen LogP contribution in [-0.2, 0) is 6.42 Å². The van der Waals surface area contributed by atoms with Crippen molar-refractivity contribution in [1.82, 2.24) is 9.36 Å². The lowest BCUT2D eigenvalue weighted by molar-refractivity contribution is 0.586. The van der Waals surface area contributed by atoms with E-state index in [0.717, 1.165) is 23.8 Å². The molecule has 0 bridgehead atoms. The van der Waals surface area contributed by atoms with Crippen molar-refractivity contribution in [2.24, 2.45) is 5.92 Å². The number of anilines is 1. The Morgan fingerprint density at radius 3 is 2.73 bits per heavy atom. The van der Waals surface area contributed by atoms with Crippen LogP contribution >= 0.6 is 11.5 Å². The minimum atomic E-state index is 0.411. The molecule has 0 aliphatic carbocycles. The van der Waals surface area contributed by atoms with Crippen LogP contribution in [0.1, 0.15) is 25.3 Å². The standard InChI is InChI=1S/C7H13N3S/c1-5(2)3-4-6-9-7(8)10-11-6/h5H,3-4H2,1-2H3,(H2,8,10). The van der Waals surface area contributed by atoms with Crippen LogP contribution in [0.2, 0.25) is 0 Å². The Morgan fingerprint density at radius 1 is 1.55 bits per heavy atom. The number of hydrogen-bond donors (Lipinski definition) is 1. The molecule has 0 aromatic carbocycles. The van der Waals surface area contributed by atoms with Crippen LogP contribution in [0.4, 0.5) is 5.95 Å². The molecule has 62 valence electrons. The maximum atomic E-state index is 5.37. The van der Waals surface area contributed by atoms with E-state index in [0.29, 0.717) is 5.95 Å². The van der Waals surface area contributed by atoms with Crippen molar-refractivity contribution in [3.05, 3.63) is 5.01 Å². The summed E-state index contributed by atoms with van der Waals surface area (Å²) in [6.07, 6.45) is 2.17. The summed E-state index contributed by atoms with van der Waals surface area (Å²) >= 11 is 1.41. The Labute approximate surface area is 70.8 Å². The monoisotopic (exact) mass is 171 g/mol. The van der Waals surface area contributed by atoms with Crippen LogP contribution in [0.15, 0.2) is 0 Å². The molecular formula is C7H13N3S. The Bertz CT molecular complexity index is 219. The van der Waals surface area contributed by atoms with Gasteiger partial charge in [0.2, 0.25) is 5.95 Å². The normalized spacial score (nSPS) is 10.8. The molecule has 4 heteroatoms. The van der Waals surface area contributed by atoms with Crippen molar-refractivity contribution in [3.63, 3.8) is 0 Å². The van der Waals surface area contributed by atoms with E-state index < -0.39 is 0 Å². The second kappa shape index (κ2) is 3.67. The van der Waals surface area contributed by atoms with Crippen molar-refractivity contribution in [2.75, 3.05) is 5.73 Å². The zero-order valence-electron chi connectivity index (χ0n) is 6.87. The van der Waals surface area contributed by atoms with E-state index in [1.54, 1.807) is 0 Å². The SMILES string of the molecule is CC(C)CCc1nc(N)ns1. The number of nitrogen functional groups attached to an aromatic ring is 1. The second-order valence-corrected chi connectivity index (χ2v) is 3.82. The number of hydrogen-bond acceptors (Lipinski definition) is 4. The van der Waals surface area contributed by atoms with Crippen LogP contribution in [0.5, 0.6) is 0 Å². The van der Waals surface area contributed by atoms with Gasteiger partial charge < -0.3 is 5.73 Å². The van der Waals surface area contributed by atoms with Gasteiger partial charge in [-0.1, -0.05) is 13.8 Å². The van der Waals surface area contributed by atoms with E-state index >= 15 is 0 Å². The van der Waals surface area contributed by atoms with Gasteiger partial charge in [-0.2, -0.15) is 4.37 Å². The van der Waals surface area contributed by atoms with Crippen LogP contribution in [0.25, 0.3) is 0 Å². The van der Waals surface area contributed by atoms with Gasteiger partial charge in [-0.25, -0.2) is 4.98 Å². The summed E-state index contributed by atoms with van der Waals surface area (Å²) < 4.78 is 3.90. The molecule has 1 aromatic heterocycles. The average Bonchev–Trinajstić information content (AvgIpc) is 2.31. The third-order valence-electron chi connectivity index (χ3n) is 1.42. The molecule has 0 unspecified atom stereocenters. The molecule has 2 N–H and O–H groups in total. The maximum Gasteiger partial charge on any atom is 0.232 e. The first-order valence-corrected chi connectivity index (χ1v) is 4.54. The lowest BCUT2D eigenvalue weighted by atomic mass is 10.1. The van der Waals surface area contributed by atoms with E-state index in [1.807, 2.05) is 0 Å². The molecule has 0 saturated heterocycles. The number of aromatic nitrogens is 2. The van der Waals surface area contributed by atoms with Crippen LogP contribution in [0.3, 0.4) is 0 Å². The molecule has 0 aliphatic heterocycles. The fourth-order valence-electron chi connectivity index (χ4n) is 0.782. The van der Waals surface area contributed by atoms with Crippen molar-refractivity contribution in [3.8, 4) is 0 Å². The summed E-state index contributed by atoms with van der Waals surface area (Å²) in [4.78, 5) is 4.07. The Kier molecular flexibility index (Phi) is 2.82. The van der Waals surface area contributed by atoms with E-state index in [2.05, 4.69) is 23.2 Å². The quantitative estimate of drug-likeness (QED) is 0.753. The number of aryl methyl sites for hydroxylation is 1. The van der Waals surface area contributed by atoms with E-state index in [1.165, 1.54) is 11.5 Å². The van der Waals surface area contributed by atoms with Crippen molar-refractivity contribution in [1.29, 1.82) is 0 Å². The summed E-state index contributed by atoms with van der Waals surface area (Å²) in [6, 6.07) is 0. The molecule has 0 spiro atoms. The molecule has 0 aliphatic rings. The first-order chi connectivity index (χ1) is 5.18. The summed E-state index contributed by atoms with van der Waals surface area (Å²) in [5.41, 5.74) is 5.37. The summed E-state index contributed by atoms with van der Waals surface area (Å²) in [7, 11) is 0. The van der Waals surface area contributed by atoms with Gasteiger partial charge in [-0.05, 0) is 23.9 Å². The highest BCUT2D eigenvalue weighted by molar-refractivity contribution is 7.05. The molecule has 1 aromatic rings. The van der Waals surface area contributed by atoms with Gasteiger partial charge in [-0.3, -0.25) is 0 Å². The van der Waals surface area contributed by atoms with Crippen LogP contribution < -0.4 is 5.73 Å². The molecule has 0 amide bonds. The molecular weight excluding hydrogens is 158 g/mol. The minimum Gasteiger partial charge on any atom is -0.367 e. The van der Waals surface area contributed by atoms with Crippen molar-refractivity contribution < 1.29 is 0 Å². The summed E-state index contributed by atoms with van der Waals surface area (Å²) in [5.74, 6) is 1.13. The molecule has 0 saturated carbocycles. The van der Waals surface area contributed by atoms with Crippen molar-refractivity contribution >= 4 is 17.5 Å². The first kappa shape index (κ1) is 8.46. The predicted molar refractivity (Wildman–Crippen MR) is 47.5 cm³/mol. The van der Waals surface area contributed by atoms with E-state index in [-0.39, 0.29) is 0 Å². The summed E-state index contributed by atoms with van der Waals surface area (Å²) in [5, 5.41) is 1.05. The van der Waals surface area contributed by atoms with Gasteiger partial charge in [0.25, 0.3) is 0 Å². The maximum absolute atomic E-state index is 5.37. The van der Waals surface area contributed by atoms with Gasteiger partial charge in [0.15, 0.2) is 0 Å². The molecule has 0 atom stereocenters. The van der Waals surface area contributed by atoms with E-state index in [9.17, 15) is 0 Å². The topological polar surface area (TPSA) is 51.8 Å². The van der Waals surface area contributed by atoms with Gasteiger partial charge in [0.1, 0.15) is 5.01 Å². The highest BCUT2D eigenvalue weighted by Crippen LogP contribution is 2.11. The Hall–Kier alpha value is -0.640. The third-order valence-corrected chi connectivity index (χ3v) is 2.20. The predicted octanol–water partition coefficient (Wildman–Crippen LogP) is 1.71. The third kappa shape index (κ3) is 2.84. The molecule has 0 fully saturated rings.